The normalized spacial score (nSPS) is 16.2. The van der Waals surface area contributed by atoms with Crippen molar-refractivity contribution in [1.82, 2.24) is 19.9 Å². The lowest BCUT2D eigenvalue weighted by atomic mass is 10.2. The van der Waals surface area contributed by atoms with Gasteiger partial charge in [-0.25, -0.2) is 9.97 Å². The Kier molecular flexibility index (Phi) is 5.75. The molecular weight excluding hydrogens is 298 g/mol. The third-order valence-electron chi connectivity index (χ3n) is 4.41. The number of rotatable bonds is 5. The molecule has 1 saturated heterocycles. The largest absolute Gasteiger partial charge is 0.355 e. The molecule has 0 spiro atoms. The van der Waals surface area contributed by atoms with Crippen LogP contribution in [0.25, 0.3) is 0 Å². The van der Waals surface area contributed by atoms with Crippen LogP contribution in [-0.2, 0) is 13.0 Å². The van der Waals surface area contributed by atoms with E-state index in [4.69, 9.17) is 0 Å². The summed E-state index contributed by atoms with van der Waals surface area (Å²) in [5.74, 6) is 1.97. The van der Waals surface area contributed by atoms with Gasteiger partial charge >= 0.3 is 0 Å². The maximum atomic E-state index is 4.67. The van der Waals surface area contributed by atoms with Crippen molar-refractivity contribution in [1.29, 1.82) is 0 Å². The third kappa shape index (κ3) is 4.51. The van der Waals surface area contributed by atoms with E-state index in [1.54, 1.807) is 0 Å². The third-order valence-corrected chi connectivity index (χ3v) is 4.41. The molecule has 0 aliphatic carbocycles. The van der Waals surface area contributed by atoms with Crippen LogP contribution in [0.4, 0.5) is 5.82 Å². The van der Waals surface area contributed by atoms with Crippen LogP contribution in [0, 0.1) is 6.92 Å². The lowest BCUT2D eigenvalue weighted by molar-refractivity contribution is 0.282. The number of nitrogens with zero attached hydrogens (tertiary/aromatic N) is 5. The predicted molar refractivity (Wildman–Crippen MR) is 97.1 cm³/mol. The molecule has 0 unspecified atom stereocenters. The van der Waals surface area contributed by atoms with Crippen molar-refractivity contribution < 1.29 is 0 Å². The van der Waals surface area contributed by atoms with Gasteiger partial charge in [0.05, 0.1) is 5.69 Å². The quantitative estimate of drug-likeness (QED) is 0.846. The smallest absolute Gasteiger partial charge is 0.132 e. The standard InChI is InChI=1S/C19H27N5/c1-3-7-17-14-19(22-16(2)21-17)24-11-6-10-23(12-13-24)15-18-8-4-5-9-20-18/h4-5,8-9,14H,3,6-7,10-13,15H2,1-2H3. The summed E-state index contributed by atoms with van der Waals surface area (Å²) in [4.78, 5) is 18.6. The maximum Gasteiger partial charge on any atom is 0.132 e. The minimum atomic E-state index is 0.880. The molecule has 0 amide bonds. The Bertz CT molecular complexity index is 643. The molecule has 0 bridgehead atoms. The fraction of sp³-hybridized carbons (Fsp3) is 0.526. The van der Waals surface area contributed by atoms with Gasteiger partial charge in [-0.05, 0) is 31.9 Å². The summed E-state index contributed by atoms with van der Waals surface area (Å²) in [6.45, 7) is 9.34. The highest BCUT2D eigenvalue weighted by atomic mass is 15.3. The van der Waals surface area contributed by atoms with Gasteiger partial charge in [-0.15, -0.1) is 0 Å². The van der Waals surface area contributed by atoms with Gasteiger partial charge in [-0.2, -0.15) is 0 Å². The highest BCUT2D eigenvalue weighted by Crippen LogP contribution is 2.17. The van der Waals surface area contributed by atoms with Crippen molar-refractivity contribution in [3.8, 4) is 0 Å². The van der Waals surface area contributed by atoms with Crippen molar-refractivity contribution in [2.75, 3.05) is 31.1 Å². The Labute approximate surface area is 144 Å². The van der Waals surface area contributed by atoms with E-state index in [0.717, 1.165) is 75.0 Å². The van der Waals surface area contributed by atoms with Crippen LogP contribution in [0.1, 0.15) is 37.0 Å². The molecule has 0 atom stereocenters. The average molecular weight is 325 g/mol. The molecule has 0 saturated carbocycles. The second kappa shape index (κ2) is 8.20. The van der Waals surface area contributed by atoms with Crippen LogP contribution in [0.5, 0.6) is 0 Å². The first-order chi connectivity index (χ1) is 11.7. The summed E-state index contributed by atoms with van der Waals surface area (Å²) in [5, 5.41) is 0. The van der Waals surface area contributed by atoms with Gasteiger partial charge in [0.25, 0.3) is 0 Å². The van der Waals surface area contributed by atoms with Gasteiger partial charge in [0.2, 0.25) is 0 Å². The number of aryl methyl sites for hydroxylation is 2. The zero-order valence-electron chi connectivity index (χ0n) is 14.8. The van der Waals surface area contributed by atoms with Crippen LogP contribution in [-0.4, -0.2) is 46.0 Å². The number of hydrogen-bond donors (Lipinski definition) is 0. The van der Waals surface area contributed by atoms with Crippen LogP contribution in [0.2, 0.25) is 0 Å². The molecule has 5 nitrogen and oxygen atoms in total. The lowest BCUT2D eigenvalue weighted by Crippen LogP contribution is -2.31. The molecule has 0 radical (unpaired) electrons. The Balaban J connectivity index is 1.65. The Morgan fingerprint density at radius 2 is 1.96 bits per heavy atom. The number of pyridine rings is 1. The Morgan fingerprint density at radius 1 is 1.04 bits per heavy atom. The summed E-state index contributed by atoms with van der Waals surface area (Å²) >= 11 is 0. The number of anilines is 1. The van der Waals surface area contributed by atoms with E-state index in [-0.39, 0.29) is 0 Å². The predicted octanol–water partition coefficient (Wildman–Crippen LogP) is 2.84. The minimum Gasteiger partial charge on any atom is -0.355 e. The van der Waals surface area contributed by atoms with Crippen LogP contribution >= 0.6 is 0 Å². The summed E-state index contributed by atoms with van der Waals surface area (Å²) in [6, 6.07) is 8.31. The van der Waals surface area contributed by atoms with Crippen LogP contribution < -0.4 is 4.90 Å². The molecule has 1 fully saturated rings. The molecule has 24 heavy (non-hydrogen) atoms. The van der Waals surface area contributed by atoms with Crippen molar-refractivity contribution >= 4 is 5.82 Å². The highest BCUT2D eigenvalue weighted by molar-refractivity contribution is 5.40. The lowest BCUT2D eigenvalue weighted by Gasteiger charge is -2.23. The van der Waals surface area contributed by atoms with Gasteiger partial charge in [0.1, 0.15) is 11.6 Å². The molecule has 1 aliphatic rings. The molecule has 1 aliphatic heterocycles. The molecular formula is C19H27N5. The summed E-state index contributed by atoms with van der Waals surface area (Å²) in [7, 11) is 0. The van der Waals surface area contributed by atoms with Crippen LogP contribution in [0.3, 0.4) is 0 Å². The first-order valence-corrected chi connectivity index (χ1v) is 8.96. The molecule has 0 N–H and O–H groups in total. The Morgan fingerprint density at radius 3 is 2.75 bits per heavy atom. The first-order valence-electron chi connectivity index (χ1n) is 8.96. The maximum absolute atomic E-state index is 4.67. The number of hydrogen-bond acceptors (Lipinski definition) is 5. The molecule has 3 heterocycles. The zero-order chi connectivity index (χ0) is 16.8. The number of aromatic nitrogens is 3. The van der Waals surface area contributed by atoms with E-state index in [1.165, 1.54) is 0 Å². The molecule has 2 aromatic rings. The fourth-order valence-electron chi connectivity index (χ4n) is 3.24. The van der Waals surface area contributed by atoms with Gasteiger partial charge in [-0.1, -0.05) is 19.4 Å². The van der Waals surface area contributed by atoms with Gasteiger partial charge < -0.3 is 4.90 Å². The van der Waals surface area contributed by atoms with Crippen molar-refractivity contribution in [3.05, 3.63) is 47.7 Å². The highest BCUT2D eigenvalue weighted by Gasteiger charge is 2.17. The van der Waals surface area contributed by atoms with E-state index in [9.17, 15) is 0 Å². The zero-order valence-corrected chi connectivity index (χ0v) is 14.8. The summed E-state index contributed by atoms with van der Waals surface area (Å²) in [5.41, 5.74) is 2.31. The molecule has 2 aromatic heterocycles. The van der Waals surface area contributed by atoms with Gasteiger partial charge in [0, 0.05) is 50.7 Å². The Hall–Kier alpha value is -2.01. The second-order valence-electron chi connectivity index (χ2n) is 6.45. The van der Waals surface area contributed by atoms with Crippen molar-refractivity contribution in [3.63, 3.8) is 0 Å². The molecule has 128 valence electrons. The van der Waals surface area contributed by atoms with E-state index in [2.05, 4.69) is 49.9 Å². The van der Waals surface area contributed by atoms with Crippen molar-refractivity contribution in [2.45, 2.75) is 39.7 Å². The van der Waals surface area contributed by atoms with Gasteiger partial charge in [0.15, 0.2) is 0 Å². The SMILES string of the molecule is CCCc1cc(N2CCCN(Cc3ccccn3)CC2)nc(C)n1. The topological polar surface area (TPSA) is 45.2 Å². The van der Waals surface area contributed by atoms with E-state index in [0.29, 0.717) is 0 Å². The average Bonchev–Trinajstić information content (AvgIpc) is 2.81. The monoisotopic (exact) mass is 325 g/mol. The van der Waals surface area contributed by atoms with Gasteiger partial charge in [-0.3, -0.25) is 9.88 Å². The molecule has 0 aromatic carbocycles. The fourth-order valence-corrected chi connectivity index (χ4v) is 3.24. The summed E-state index contributed by atoms with van der Waals surface area (Å²) < 4.78 is 0. The van der Waals surface area contributed by atoms with Crippen molar-refractivity contribution in [2.24, 2.45) is 0 Å². The molecule has 5 heteroatoms. The van der Waals surface area contributed by atoms with E-state index >= 15 is 0 Å². The minimum absolute atomic E-state index is 0.880. The first kappa shape index (κ1) is 16.8. The second-order valence-corrected chi connectivity index (χ2v) is 6.45. The molecule has 3 rings (SSSR count). The summed E-state index contributed by atoms with van der Waals surface area (Å²) in [6.07, 6.45) is 5.17. The van der Waals surface area contributed by atoms with E-state index < -0.39 is 0 Å². The van der Waals surface area contributed by atoms with Crippen LogP contribution in [0.15, 0.2) is 30.5 Å². The van der Waals surface area contributed by atoms with E-state index in [1.807, 2.05) is 19.2 Å².